The lowest BCUT2D eigenvalue weighted by Crippen LogP contribution is -2.74. The lowest BCUT2D eigenvalue weighted by molar-refractivity contribution is -0.164. The van der Waals surface area contributed by atoms with Crippen LogP contribution in [0.1, 0.15) is 103 Å². The average Bonchev–Trinajstić information content (AvgIpc) is 3.49. The molecule has 17 heteroatoms. The minimum absolute atomic E-state index is 0.0558. The van der Waals surface area contributed by atoms with Crippen molar-refractivity contribution in [3.05, 3.63) is 75.9 Å². The van der Waals surface area contributed by atoms with Gasteiger partial charge in [-0.1, -0.05) is 39.3 Å². The molecular weight excluding hydrogens is 828 g/mol. The zero-order valence-electron chi connectivity index (χ0n) is 36.2. The van der Waals surface area contributed by atoms with Crippen LogP contribution in [0.3, 0.4) is 0 Å². The number of amides is 5. The van der Waals surface area contributed by atoms with Crippen LogP contribution < -0.4 is 25.0 Å². The number of hydrogen-bond donors (Lipinski definition) is 2. The zero-order valence-corrected chi connectivity index (χ0v) is 36.9. The number of nitrogens with one attached hydrogen (secondary N) is 2. The van der Waals surface area contributed by atoms with Crippen molar-refractivity contribution in [3.63, 3.8) is 0 Å². The lowest BCUT2D eigenvalue weighted by atomic mass is 9.49. The number of nitrogens with zero attached hydrogens (tertiary/aromatic N) is 6. The number of ether oxygens (including phenoxy) is 3. The van der Waals surface area contributed by atoms with E-state index in [4.69, 9.17) is 25.8 Å². The van der Waals surface area contributed by atoms with Crippen molar-refractivity contribution >= 4 is 47.0 Å². The molecule has 2 N–H and O–H groups in total. The number of rotatable bonds is 14. The normalized spacial score (nSPS) is 25.1. The van der Waals surface area contributed by atoms with E-state index in [1.165, 1.54) is 0 Å². The molecule has 63 heavy (non-hydrogen) atoms. The first kappa shape index (κ1) is 44.0. The summed E-state index contributed by atoms with van der Waals surface area (Å²) < 4.78 is 18.1. The first-order valence-electron chi connectivity index (χ1n) is 21.6. The summed E-state index contributed by atoms with van der Waals surface area (Å²) in [4.78, 5) is 69.6. The maximum Gasteiger partial charge on any atom is 0.272 e. The van der Waals surface area contributed by atoms with E-state index in [1.54, 1.807) is 49.6 Å². The fourth-order valence-corrected chi connectivity index (χ4v) is 10.6. The first-order chi connectivity index (χ1) is 30.1. The number of piperidine rings is 2. The standard InChI is InChI=1S/C46H53ClN8O8/c1-45(2)43(46(3,4)44(45)63-30-7-6-27(24-48)34(47)23-30)50-39(57)35-10-12-37(52-51-35)53-16-14-26(15-17-53)25-54(18-19-61-5)28-20-31(21-28)62-29-8-9-32-33(22-29)42(60)55(41(32)59)36-11-13-38(56)49-40(36)58/h6-10,12,22-23,26,28,31,36,43-44H,11,13-21,25H2,1-5H3,(H,50,57)(H,49,56,58)/t28?,31?,36-,43?,44?/m1/s1. The smallest absolute Gasteiger partial charge is 0.272 e. The predicted octanol–water partition coefficient (Wildman–Crippen LogP) is 4.79. The molecule has 8 rings (SSSR count). The summed E-state index contributed by atoms with van der Waals surface area (Å²) in [6, 6.07) is 14.6. The Morgan fingerprint density at radius 3 is 2.29 bits per heavy atom. The van der Waals surface area contributed by atoms with E-state index in [-0.39, 0.29) is 53.8 Å². The van der Waals surface area contributed by atoms with Crippen LogP contribution in [0, 0.1) is 28.1 Å². The molecule has 332 valence electrons. The van der Waals surface area contributed by atoms with Crippen molar-refractivity contribution in [2.24, 2.45) is 16.7 Å². The number of nitriles is 1. The Bertz CT molecular complexity index is 2320. The Kier molecular flexibility index (Phi) is 12.2. The zero-order chi connectivity index (χ0) is 44.8. The molecule has 5 aliphatic rings. The second-order valence-electron chi connectivity index (χ2n) is 18.5. The summed E-state index contributed by atoms with van der Waals surface area (Å²) in [5, 5.41) is 23.8. The summed E-state index contributed by atoms with van der Waals surface area (Å²) >= 11 is 6.25. The lowest BCUT2D eigenvalue weighted by Gasteiger charge is -2.63. The monoisotopic (exact) mass is 880 g/mol. The Labute approximate surface area is 371 Å². The molecule has 3 aromatic rings. The van der Waals surface area contributed by atoms with Crippen LogP contribution in [0.15, 0.2) is 48.5 Å². The van der Waals surface area contributed by atoms with Crippen molar-refractivity contribution in [1.82, 2.24) is 30.6 Å². The third-order valence-electron chi connectivity index (χ3n) is 13.6. The molecule has 0 unspecified atom stereocenters. The Balaban J connectivity index is 0.801. The van der Waals surface area contributed by atoms with Crippen molar-refractivity contribution < 1.29 is 38.2 Å². The maximum atomic E-state index is 13.5. The van der Waals surface area contributed by atoms with Crippen LogP contribution in [-0.2, 0) is 14.3 Å². The van der Waals surface area contributed by atoms with Gasteiger partial charge in [0.05, 0.1) is 28.3 Å². The number of hydrogen-bond acceptors (Lipinski definition) is 13. The van der Waals surface area contributed by atoms with Crippen molar-refractivity contribution in [3.8, 4) is 17.6 Å². The van der Waals surface area contributed by atoms with Crippen molar-refractivity contribution in [2.45, 2.75) is 96.6 Å². The van der Waals surface area contributed by atoms with E-state index in [0.29, 0.717) is 40.7 Å². The third kappa shape index (κ3) is 8.58. The molecule has 4 heterocycles. The van der Waals surface area contributed by atoms with Gasteiger partial charge in [-0.15, -0.1) is 10.2 Å². The third-order valence-corrected chi connectivity index (χ3v) is 13.9. The molecule has 1 atom stereocenters. The molecule has 2 aliphatic carbocycles. The molecule has 4 fully saturated rings. The van der Waals surface area contributed by atoms with Gasteiger partial charge < -0.3 is 24.4 Å². The summed E-state index contributed by atoms with van der Waals surface area (Å²) in [5.74, 6) is -0.177. The van der Waals surface area contributed by atoms with Crippen molar-refractivity contribution in [2.75, 3.05) is 44.8 Å². The van der Waals surface area contributed by atoms with Crippen molar-refractivity contribution in [1.29, 1.82) is 5.26 Å². The number of imide groups is 2. The van der Waals surface area contributed by atoms with Gasteiger partial charge in [0.2, 0.25) is 11.8 Å². The predicted molar refractivity (Wildman–Crippen MR) is 230 cm³/mol. The highest BCUT2D eigenvalue weighted by Gasteiger charge is 2.64. The van der Waals surface area contributed by atoms with E-state index in [1.807, 2.05) is 6.07 Å². The van der Waals surface area contributed by atoms with Crippen LogP contribution in [0.2, 0.25) is 5.02 Å². The van der Waals surface area contributed by atoms with Crippen LogP contribution in [0.5, 0.6) is 11.5 Å². The van der Waals surface area contributed by atoms with Gasteiger partial charge in [-0.25, -0.2) is 0 Å². The Morgan fingerprint density at radius 1 is 0.937 bits per heavy atom. The quantitative estimate of drug-likeness (QED) is 0.210. The molecule has 3 aliphatic heterocycles. The van der Waals surface area contributed by atoms with Gasteiger partial charge in [0, 0.05) is 81.5 Å². The number of fused-ring (bicyclic) bond motifs is 1. The fraction of sp³-hybridized carbons (Fsp3) is 0.522. The van der Waals surface area contributed by atoms with Crippen LogP contribution in [-0.4, -0.2) is 120 Å². The minimum atomic E-state index is -1.02. The highest BCUT2D eigenvalue weighted by molar-refractivity contribution is 6.31. The largest absolute Gasteiger partial charge is 0.490 e. The van der Waals surface area contributed by atoms with Gasteiger partial charge in [-0.05, 0) is 67.6 Å². The number of aromatic nitrogens is 2. The first-order valence-corrected chi connectivity index (χ1v) is 22.0. The van der Waals surface area contributed by atoms with Crippen LogP contribution in [0.25, 0.3) is 0 Å². The second-order valence-corrected chi connectivity index (χ2v) is 18.9. The van der Waals surface area contributed by atoms with Crippen LogP contribution >= 0.6 is 11.6 Å². The minimum Gasteiger partial charge on any atom is -0.490 e. The average molecular weight is 881 g/mol. The fourth-order valence-electron chi connectivity index (χ4n) is 10.4. The van der Waals surface area contributed by atoms with E-state index in [9.17, 15) is 29.2 Å². The number of carbonyl (C=O) groups is 5. The summed E-state index contributed by atoms with van der Waals surface area (Å²) in [5.41, 5.74) is 0.229. The molecule has 2 saturated carbocycles. The number of halogens is 1. The molecule has 5 amide bonds. The molecule has 2 saturated heterocycles. The highest BCUT2D eigenvalue weighted by atomic mass is 35.5. The molecule has 0 radical (unpaired) electrons. The number of benzene rings is 2. The molecular formula is C46H53ClN8O8. The van der Waals surface area contributed by atoms with Gasteiger partial charge in [-0.3, -0.25) is 39.1 Å². The molecule has 1 aromatic heterocycles. The molecule has 2 aromatic carbocycles. The van der Waals surface area contributed by atoms with Gasteiger partial charge >= 0.3 is 0 Å². The van der Waals surface area contributed by atoms with Gasteiger partial charge in [0.15, 0.2) is 11.5 Å². The molecule has 0 bridgehead atoms. The van der Waals surface area contributed by atoms with Crippen LogP contribution in [0.4, 0.5) is 5.82 Å². The Hall–Kier alpha value is -5.63. The second kappa shape index (κ2) is 17.5. The van der Waals surface area contributed by atoms with Gasteiger partial charge in [0.25, 0.3) is 17.7 Å². The maximum absolute atomic E-state index is 13.5. The molecule has 0 spiro atoms. The van der Waals surface area contributed by atoms with Gasteiger partial charge in [-0.2, -0.15) is 5.26 Å². The number of carbonyl (C=O) groups excluding carboxylic acids is 5. The topological polar surface area (TPSA) is 196 Å². The Morgan fingerprint density at radius 2 is 1.63 bits per heavy atom. The summed E-state index contributed by atoms with van der Waals surface area (Å²) in [6.07, 6.45) is 3.45. The number of anilines is 1. The van der Waals surface area contributed by atoms with Gasteiger partial charge in [0.1, 0.15) is 35.8 Å². The summed E-state index contributed by atoms with van der Waals surface area (Å²) in [7, 11) is 1.71. The summed E-state index contributed by atoms with van der Waals surface area (Å²) in [6.45, 7) is 12.2. The highest BCUT2D eigenvalue weighted by Crippen LogP contribution is 2.55. The van der Waals surface area contributed by atoms with E-state index < -0.39 is 40.5 Å². The SMILES string of the molecule is COCCN(CC1CCN(c2ccc(C(=O)NC3C(C)(C)C(Oc4ccc(C#N)c(Cl)c4)C3(C)C)nn2)CC1)C1CC(Oc2ccc3c(c2)C(=O)N([C@@H]2CCC(=O)NC2=O)C3=O)C1. The van der Waals surface area contributed by atoms with E-state index in [2.05, 4.69) is 64.4 Å². The molecule has 16 nitrogen and oxygen atoms in total. The van der Waals surface area contributed by atoms with E-state index >= 15 is 0 Å². The number of methoxy groups -OCH3 is 1. The van der Waals surface area contributed by atoms with E-state index in [0.717, 1.165) is 62.6 Å².